The first-order valence-electron chi connectivity index (χ1n) is 8.21. The minimum absolute atomic E-state index is 0.000639. The molecule has 0 saturated carbocycles. The van der Waals surface area contributed by atoms with E-state index in [1.807, 2.05) is 47.0 Å². The molecule has 1 fully saturated rings. The topological polar surface area (TPSA) is 35.6 Å². The molecule has 24 heavy (non-hydrogen) atoms. The van der Waals surface area contributed by atoms with E-state index >= 15 is 0 Å². The third-order valence-electron chi connectivity index (χ3n) is 4.12. The van der Waals surface area contributed by atoms with Crippen molar-refractivity contribution in [1.29, 1.82) is 0 Å². The minimum atomic E-state index is 0.000639. The summed E-state index contributed by atoms with van der Waals surface area (Å²) in [5, 5.41) is 2.99. The number of hydrogen-bond acceptors (Lipinski definition) is 3. The van der Waals surface area contributed by atoms with Gasteiger partial charge in [0.1, 0.15) is 0 Å². The van der Waals surface area contributed by atoms with Gasteiger partial charge in [-0.15, -0.1) is 0 Å². The van der Waals surface area contributed by atoms with Gasteiger partial charge in [0, 0.05) is 49.6 Å². The van der Waals surface area contributed by atoms with Gasteiger partial charge in [0.15, 0.2) is 0 Å². The summed E-state index contributed by atoms with van der Waals surface area (Å²) < 4.78 is 0. The molecule has 1 heterocycles. The molecule has 126 valence electrons. The van der Waals surface area contributed by atoms with Crippen molar-refractivity contribution in [1.82, 2.24) is 4.90 Å². The Balaban J connectivity index is 1.57. The van der Waals surface area contributed by atoms with E-state index in [2.05, 4.69) is 41.5 Å². The summed E-state index contributed by atoms with van der Waals surface area (Å²) in [6.45, 7) is 2.51. The lowest BCUT2D eigenvalue weighted by molar-refractivity contribution is 0.217. The maximum absolute atomic E-state index is 12.2. The van der Waals surface area contributed by atoms with Crippen LogP contribution in [0.2, 0.25) is 0 Å². The lowest BCUT2D eigenvalue weighted by Crippen LogP contribution is -2.40. The van der Waals surface area contributed by atoms with Crippen molar-refractivity contribution < 1.29 is 4.79 Å². The molecule has 1 aliphatic rings. The Morgan fingerprint density at radius 3 is 2.42 bits per heavy atom. The van der Waals surface area contributed by atoms with Crippen LogP contribution in [0.15, 0.2) is 54.6 Å². The predicted octanol–water partition coefficient (Wildman–Crippen LogP) is 3.90. The molecule has 2 aromatic carbocycles. The molecule has 1 N–H and O–H groups in total. The molecule has 0 atom stereocenters. The van der Waals surface area contributed by atoms with Crippen molar-refractivity contribution in [2.24, 2.45) is 0 Å². The molecule has 5 heteroatoms. The Kier molecular flexibility index (Phi) is 5.64. The van der Waals surface area contributed by atoms with Gasteiger partial charge < -0.3 is 15.1 Å². The Hall–Kier alpha value is -2.14. The zero-order chi connectivity index (χ0) is 16.8. The Labute approximate surface area is 147 Å². The number of nitrogens with zero attached hydrogens (tertiary/aromatic N) is 2. The van der Waals surface area contributed by atoms with E-state index in [9.17, 15) is 4.79 Å². The summed E-state index contributed by atoms with van der Waals surface area (Å²) in [6.07, 6.45) is 0. The predicted molar refractivity (Wildman–Crippen MR) is 103 cm³/mol. The van der Waals surface area contributed by atoms with Crippen LogP contribution in [0.3, 0.4) is 0 Å². The van der Waals surface area contributed by atoms with E-state index < -0.39 is 0 Å². The molecule has 0 aliphatic carbocycles. The van der Waals surface area contributed by atoms with E-state index in [1.165, 1.54) is 5.56 Å². The summed E-state index contributed by atoms with van der Waals surface area (Å²) >= 11 is 1.90. The zero-order valence-electron chi connectivity index (χ0n) is 13.9. The summed E-state index contributed by atoms with van der Waals surface area (Å²) in [7, 11) is 2.08. The Morgan fingerprint density at radius 2 is 1.75 bits per heavy atom. The monoisotopic (exact) mass is 341 g/mol. The van der Waals surface area contributed by atoms with E-state index in [0.717, 1.165) is 42.5 Å². The van der Waals surface area contributed by atoms with Crippen LogP contribution in [0.25, 0.3) is 0 Å². The first kappa shape index (κ1) is 16.7. The fourth-order valence-corrected chi connectivity index (χ4v) is 3.62. The van der Waals surface area contributed by atoms with Gasteiger partial charge in [-0.25, -0.2) is 4.79 Å². The molecule has 0 bridgehead atoms. The fourth-order valence-electron chi connectivity index (χ4n) is 2.72. The number of carbonyl (C=O) groups excluding carboxylic acids is 1. The summed E-state index contributed by atoms with van der Waals surface area (Å²) in [4.78, 5) is 16.3. The van der Waals surface area contributed by atoms with Crippen molar-refractivity contribution >= 4 is 29.2 Å². The van der Waals surface area contributed by atoms with Crippen LogP contribution < -0.4 is 10.2 Å². The van der Waals surface area contributed by atoms with Gasteiger partial charge in [0.05, 0.1) is 0 Å². The normalized spacial score (nSPS) is 14.3. The zero-order valence-corrected chi connectivity index (χ0v) is 14.8. The number of nitrogens with one attached hydrogen (secondary N) is 1. The van der Waals surface area contributed by atoms with E-state index in [-0.39, 0.29) is 6.03 Å². The van der Waals surface area contributed by atoms with E-state index in [0.29, 0.717) is 0 Å². The van der Waals surface area contributed by atoms with Gasteiger partial charge in [0.25, 0.3) is 0 Å². The number of amides is 2. The van der Waals surface area contributed by atoms with E-state index in [1.54, 1.807) is 0 Å². The van der Waals surface area contributed by atoms with Crippen molar-refractivity contribution in [3.05, 3.63) is 60.2 Å². The quantitative estimate of drug-likeness (QED) is 0.916. The highest BCUT2D eigenvalue weighted by molar-refractivity contribution is 7.99. The molecule has 0 spiro atoms. The maximum Gasteiger partial charge on any atom is 0.321 e. The third kappa shape index (κ3) is 4.45. The van der Waals surface area contributed by atoms with Crippen LogP contribution in [-0.4, -0.2) is 42.6 Å². The van der Waals surface area contributed by atoms with Gasteiger partial charge in [-0.1, -0.05) is 30.3 Å². The Bertz CT molecular complexity index is 654. The number of benzene rings is 2. The van der Waals surface area contributed by atoms with Crippen molar-refractivity contribution in [2.45, 2.75) is 6.54 Å². The second-order valence-electron chi connectivity index (χ2n) is 5.92. The molecule has 0 radical (unpaired) electrons. The highest BCUT2D eigenvalue weighted by Gasteiger charge is 2.16. The van der Waals surface area contributed by atoms with Crippen LogP contribution >= 0.6 is 11.8 Å². The number of carbonyl (C=O) groups is 1. The number of rotatable bonds is 4. The van der Waals surface area contributed by atoms with Gasteiger partial charge >= 0.3 is 6.03 Å². The smallest absolute Gasteiger partial charge is 0.321 e. The van der Waals surface area contributed by atoms with Gasteiger partial charge in [-0.05, 0) is 29.8 Å². The molecular weight excluding hydrogens is 318 g/mol. The van der Waals surface area contributed by atoms with Gasteiger partial charge in [-0.3, -0.25) is 0 Å². The van der Waals surface area contributed by atoms with Crippen molar-refractivity contribution in [3.8, 4) is 0 Å². The first-order valence-corrected chi connectivity index (χ1v) is 9.36. The lowest BCUT2D eigenvalue weighted by Gasteiger charge is -2.26. The number of thioether (sulfide) groups is 1. The lowest BCUT2D eigenvalue weighted by atomic mass is 10.2. The van der Waals surface area contributed by atoms with Crippen molar-refractivity contribution in [2.75, 3.05) is 41.9 Å². The second-order valence-corrected chi connectivity index (χ2v) is 7.14. The van der Waals surface area contributed by atoms with Gasteiger partial charge in [0.2, 0.25) is 0 Å². The molecule has 1 aliphatic heterocycles. The Morgan fingerprint density at radius 1 is 1.08 bits per heavy atom. The SMILES string of the molecule is CN(Cc1ccccc1)c1ccc(NC(=O)N2CCSCC2)cc1. The van der Waals surface area contributed by atoms with Crippen molar-refractivity contribution in [3.63, 3.8) is 0 Å². The largest absolute Gasteiger partial charge is 0.370 e. The van der Waals surface area contributed by atoms with Crippen LogP contribution in [-0.2, 0) is 6.54 Å². The van der Waals surface area contributed by atoms with E-state index in [4.69, 9.17) is 0 Å². The minimum Gasteiger partial charge on any atom is -0.370 e. The second kappa shape index (κ2) is 8.11. The highest BCUT2D eigenvalue weighted by Crippen LogP contribution is 2.19. The van der Waals surface area contributed by atoms with Crippen LogP contribution in [0, 0.1) is 0 Å². The third-order valence-corrected chi connectivity index (χ3v) is 5.06. The molecule has 3 rings (SSSR count). The molecule has 0 unspecified atom stereocenters. The van der Waals surface area contributed by atoms with Gasteiger partial charge in [-0.2, -0.15) is 11.8 Å². The first-order chi connectivity index (χ1) is 11.7. The molecule has 2 aromatic rings. The standard InChI is InChI=1S/C19H23N3OS/c1-21(15-16-5-3-2-4-6-16)18-9-7-17(8-10-18)20-19(23)22-11-13-24-14-12-22/h2-10H,11-15H2,1H3,(H,20,23). The van der Waals surface area contributed by atoms with Crippen LogP contribution in [0.4, 0.5) is 16.2 Å². The average molecular weight is 341 g/mol. The molecule has 4 nitrogen and oxygen atoms in total. The number of hydrogen-bond donors (Lipinski definition) is 1. The summed E-state index contributed by atoms with van der Waals surface area (Å²) in [6, 6.07) is 18.4. The maximum atomic E-state index is 12.2. The molecule has 1 saturated heterocycles. The molecular formula is C19H23N3OS. The van der Waals surface area contributed by atoms with Crippen LogP contribution in [0.5, 0.6) is 0 Å². The summed E-state index contributed by atoms with van der Waals surface area (Å²) in [5.41, 5.74) is 3.25. The fraction of sp³-hybridized carbons (Fsp3) is 0.316. The summed E-state index contributed by atoms with van der Waals surface area (Å²) in [5.74, 6) is 2.05. The molecule has 0 aromatic heterocycles. The number of urea groups is 1. The molecule has 2 amide bonds. The van der Waals surface area contributed by atoms with Crippen LogP contribution in [0.1, 0.15) is 5.56 Å². The highest BCUT2D eigenvalue weighted by atomic mass is 32.2. The average Bonchev–Trinajstić information content (AvgIpc) is 2.64. The number of anilines is 2.